The summed E-state index contributed by atoms with van der Waals surface area (Å²) < 4.78 is 13.5. The molecule has 0 atom stereocenters. The summed E-state index contributed by atoms with van der Waals surface area (Å²) in [5, 5.41) is 8.29. The van der Waals surface area contributed by atoms with Gasteiger partial charge in [-0.3, -0.25) is 5.41 Å². The molecule has 0 aliphatic carbocycles. The number of halogens is 1. The molecule has 3 nitrogen and oxygen atoms in total. The molecular formula is C15H16FN3S. The Morgan fingerprint density at radius 2 is 2.00 bits per heavy atom. The summed E-state index contributed by atoms with van der Waals surface area (Å²) in [5.41, 5.74) is 8.72. The maximum atomic E-state index is 13.5. The van der Waals surface area contributed by atoms with Crippen LogP contribution in [0.3, 0.4) is 0 Å². The summed E-state index contributed by atoms with van der Waals surface area (Å²) in [4.78, 5) is 4.43. The predicted octanol–water partition coefficient (Wildman–Crippen LogP) is 3.41. The number of pyridine rings is 1. The van der Waals surface area contributed by atoms with Crippen molar-refractivity contribution in [2.75, 3.05) is 0 Å². The van der Waals surface area contributed by atoms with Crippen LogP contribution >= 0.6 is 11.8 Å². The Bertz CT molecular complexity index is 635. The summed E-state index contributed by atoms with van der Waals surface area (Å²) >= 11 is 1.54. The van der Waals surface area contributed by atoms with Crippen LogP contribution in [-0.4, -0.2) is 10.8 Å². The van der Waals surface area contributed by atoms with Crippen LogP contribution in [0, 0.1) is 25.1 Å². The fourth-order valence-corrected chi connectivity index (χ4v) is 2.88. The zero-order chi connectivity index (χ0) is 14.7. The van der Waals surface area contributed by atoms with Gasteiger partial charge >= 0.3 is 0 Å². The molecule has 0 bridgehead atoms. The van der Waals surface area contributed by atoms with Crippen molar-refractivity contribution in [3.63, 3.8) is 0 Å². The Labute approximate surface area is 121 Å². The molecule has 0 aliphatic rings. The van der Waals surface area contributed by atoms with Gasteiger partial charge in [0, 0.05) is 17.0 Å². The molecule has 0 saturated heterocycles. The van der Waals surface area contributed by atoms with Crippen LogP contribution in [0.5, 0.6) is 0 Å². The van der Waals surface area contributed by atoms with Crippen LogP contribution in [0.15, 0.2) is 35.4 Å². The number of aryl methyl sites for hydroxylation is 2. The van der Waals surface area contributed by atoms with Crippen molar-refractivity contribution in [3.8, 4) is 0 Å². The van der Waals surface area contributed by atoms with E-state index in [0.717, 1.165) is 21.8 Å². The Morgan fingerprint density at radius 3 is 2.65 bits per heavy atom. The largest absolute Gasteiger partial charge is 0.384 e. The average Bonchev–Trinajstić information content (AvgIpc) is 2.34. The summed E-state index contributed by atoms with van der Waals surface area (Å²) in [6.45, 7) is 3.97. The van der Waals surface area contributed by atoms with E-state index in [1.807, 2.05) is 26.0 Å². The van der Waals surface area contributed by atoms with Crippen molar-refractivity contribution >= 4 is 17.6 Å². The Balaban J connectivity index is 2.16. The highest BCUT2D eigenvalue weighted by molar-refractivity contribution is 7.98. The Morgan fingerprint density at radius 1 is 1.25 bits per heavy atom. The molecule has 0 saturated carbocycles. The van der Waals surface area contributed by atoms with E-state index in [4.69, 9.17) is 11.1 Å². The quantitative estimate of drug-likeness (QED) is 0.515. The lowest BCUT2D eigenvalue weighted by Crippen LogP contribution is -2.11. The van der Waals surface area contributed by atoms with E-state index in [9.17, 15) is 4.39 Å². The fraction of sp³-hybridized carbons (Fsp3) is 0.200. The number of nitrogens with zero attached hydrogens (tertiary/aromatic N) is 1. The molecule has 0 fully saturated rings. The van der Waals surface area contributed by atoms with Crippen LogP contribution in [0.25, 0.3) is 0 Å². The van der Waals surface area contributed by atoms with Gasteiger partial charge in [0.25, 0.3) is 0 Å². The lowest BCUT2D eigenvalue weighted by Gasteiger charge is -2.06. The van der Waals surface area contributed by atoms with E-state index in [1.54, 1.807) is 17.8 Å². The molecule has 1 aromatic carbocycles. The van der Waals surface area contributed by atoms with Gasteiger partial charge in [-0.15, -0.1) is 11.8 Å². The number of nitrogens with one attached hydrogen (secondary N) is 1. The molecule has 2 aromatic rings. The van der Waals surface area contributed by atoms with E-state index < -0.39 is 0 Å². The van der Waals surface area contributed by atoms with E-state index in [-0.39, 0.29) is 11.7 Å². The number of rotatable bonds is 4. The third-order valence-electron chi connectivity index (χ3n) is 2.73. The molecule has 3 N–H and O–H groups in total. The zero-order valence-electron chi connectivity index (χ0n) is 11.4. The third-order valence-corrected chi connectivity index (χ3v) is 3.71. The van der Waals surface area contributed by atoms with Gasteiger partial charge in [-0.1, -0.05) is 0 Å². The number of nitrogens with two attached hydrogens (primary N) is 1. The van der Waals surface area contributed by atoms with Crippen molar-refractivity contribution in [1.82, 2.24) is 4.98 Å². The molecule has 0 unspecified atom stereocenters. The second-order valence-corrected chi connectivity index (χ2v) is 5.67. The molecule has 0 spiro atoms. The van der Waals surface area contributed by atoms with E-state index in [1.165, 1.54) is 12.1 Å². The van der Waals surface area contributed by atoms with Crippen molar-refractivity contribution in [3.05, 3.63) is 58.5 Å². The van der Waals surface area contributed by atoms with Gasteiger partial charge in [-0.25, -0.2) is 9.37 Å². The number of thioether (sulfide) groups is 1. The van der Waals surface area contributed by atoms with E-state index in [2.05, 4.69) is 4.98 Å². The SMILES string of the molecule is Cc1cc(C)nc(SCc2cc(F)cc(C(=N)N)c2)c1. The standard InChI is InChI=1S/C15H16FN3S/c1-9-3-10(2)19-14(4-9)20-8-11-5-12(15(17)18)7-13(16)6-11/h3-7H,8H2,1-2H3,(H3,17,18). The van der Waals surface area contributed by atoms with E-state index in [0.29, 0.717) is 11.3 Å². The first-order chi connectivity index (χ1) is 9.44. The fourth-order valence-electron chi connectivity index (χ4n) is 1.92. The summed E-state index contributed by atoms with van der Waals surface area (Å²) in [5.74, 6) is 0.0930. The van der Waals surface area contributed by atoms with Crippen molar-refractivity contribution < 1.29 is 4.39 Å². The first kappa shape index (κ1) is 14.5. The second kappa shape index (κ2) is 6.05. The maximum absolute atomic E-state index is 13.5. The molecule has 1 aromatic heterocycles. The van der Waals surface area contributed by atoms with Crippen molar-refractivity contribution in [2.24, 2.45) is 5.73 Å². The Kier molecular flexibility index (Phi) is 4.39. The van der Waals surface area contributed by atoms with Gasteiger partial charge in [0.05, 0.1) is 5.03 Å². The molecular weight excluding hydrogens is 273 g/mol. The summed E-state index contributed by atoms with van der Waals surface area (Å²) in [6, 6.07) is 8.48. The summed E-state index contributed by atoms with van der Waals surface area (Å²) in [7, 11) is 0. The van der Waals surface area contributed by atoms with Crippen LogP contribution in [0.2, 0.25) is 0 Å². The van der Waals surface area contributed by atoms with Crippen LogP contribution in [0.1, 0.15) is 22.4 Å². The lowest BCUT2D eigenvalue weighted by molar-refractivity contribution is 0.626. The average molecular weight is 289 g/mol. The van der Waals surface area contributed by atoms with Gasteiger partial charge < -0.3 is 5.73 Å². The predicted molar refractivity (Wildman–Crippen MR) is 80.7 cm³/mol. The van der Waals surface area contributed by atoms with Gasteiger partial charge in [0.2, 0.25) is 0 Å². The third kappa shape index (κ3) is 3.81. The molecule has 0 aliphatic heterocycles. The summed E-state index contributed by atoms with van der Waals surface area (Å²) in [6.07, 6.45) is 0. The lowest BCUT2D eigenvalue weighted by atomic mass is 10.1. The molecule has 20 heavy (non-hydrogen) atoms. The Hall–Kier alpha value is -1.88. The molecule has 0 radical (unpaired) electrons. The molecule has 5 heteroatoms. The normalized spacial score (nSPS) is 10.6. The maximum Gasteiger partial charge on any atom is 0.124 e. The highest BCUT2D eigenvalue weighted by atomic mass is 32.2. The number of amidine groups is 1. The minimum Gasteiger partial charge on any atom is -0.384 e. The van der Waals surface area contributed by atoms with Crippen LogP contribution in [-0.2, 0) is 5.75 Å². The number of hydrogen-bond acceptors (Lipinski definition) is 3. The number of nitrogen functional groups attached to an aromatic ring is 1. The number of hydrogen-bond donors (Lipinski definition) is 2. The highest BCUT2D eigenvalue weighted by Gasteiger charge is 2.05. The molecule has 104 valence electrons. The van der Waals surface area contributed by atoms with Gasteiger partial charge in [-0.05, 0) is 55.3 Å². The first-order valence-corrected chi connectivity index (χ1v) is 7.14. The van der Waals surface area contributed by atoms with Crippen LogP contribution in [0.4, 0.5) is 4.39 Å². The van der Waals surface area contributed by atoms with Crippen molar-refractivity contribution in [1.29, 1.82) is 5.41 Å². The van der Waals surface area contributed by atoms with Crippen LogP contribution < -0.4 is 5.73 Å². The van der Waals surface area contributed by atoms with E-state index >= 15 is 0 Å². The number of benzene rings is 1. The highest BCUT2D eigenvalue weighted by Crippen LogP contribution is 2.23. The van der Waals surface area contributed by atoms with Crippen molar-refractivity contribution in [2.45, 2.75) is 24.6 Å². The van der Waals surface area contributed by atoms with Gasteiger partial charge in [-0.2, -0.15) is 0 Å². The monoisotopic (exact) mass is 289 g/mol. The minimum absolute atomic E-state index is 0.125. The molecule has 0 amide bonds. The molecule has 2 rings (SSSR count). The van der Waals surface area contributed by atoms with Gasteiger partial charge in [0.15, 0.2) is 0 Å². The van der Waals surface area contributed by atoms with Gasteiger partial charge in [0.1, 0.15) is 11.7 Å². The zero-order valence-corrected chi connectivity index (χ0v) is 12.2. The molecule has 1 heterocycles. The number of aromatic nitrogens is 1. The topological polar surface area (TPSA) is 62.8 Å². The smallest absolute Gasteiger partial charge is 0.124 e. The first-order valence-electron chi connectivity index (χ1n) is 6.16. The second-order valence-electron chi connectivity index (χ2n) is 4.67. The minimum atomic E-state index is -0.373.